The van der Waals surface area contributed by atoms with Gasteiger partial charge in [-0.2, -0.15) is 0 Å². The van der Waals surface area contributed by atoms with Crippen LogP contribution < -0.4 is 0 Å². The van der Waals surface area contributed by atoms with E-state index in [-0.39, 0.29) is 6.10 Å². The maximum absolute atomic E-state index is 9.47. The highest BCUT2D eigenvalue weighted by Crippen LogP contribution is 2.15. The third kappa shape index (κ3) is 7.89. The molecule has 0 rings (SSSR count). The van der Waals surface area contributed by atoms with Gasteiger partial charge in [0.15, 0.2) is 0 Å². The first-order valence-corrected chi connectivity index (χ1v) is 5.31. The molecule has 80 valence electrons. The monoisotopic (exact) mass is 194 g/mol. The van der Waals surface area contributed by atoms with Crippen molar-refractivity contribution in [2.24, 2.45) is 5.92 Å². The lowest BCUT2D eigenvalue weighted by molar-refractivity contribution is 0.148. The lowest BCUT2D eigenvalue weighted by atomic mass is 9.96. The van der Waals surface area contributed by atoms with Gasteiger partial charge >= 0.3 is 0 Å². The van der Waals surface area contributed by atoms with Crippen LogP contribution in [0.15, 0.2) is 11.6 Å². The summed E-state index contributed by atoms with van der Waals surface area (Å²) in [6.45, 7) is 6.38. The van der Waals surface area contributed by atoms with Gasteiger partial charge in [-0.05, 0) is 39.0 Å². The molecule has 0 aromatic carbocycles. The molecule has 1 N–H and O–H groups in total. The van der Waals surface area contributed by atoms with E-state index in [0.29, 0.717) is 12.3 Å². The predicted octanol–water partition coefficient (Wildman–Crippen LogP) is 3.14. The molecule has 0 heterocycles. The van der Waals surface area contributed by atoms with Crippen LogP contribution in [-0.4, -0.2) is 11.2 Å². The van der Waals surface area contributed by atoms with E-state index >= 15 is 0 Å². The second kappa shape index (κ2) is 7.64. The molecule has 2 atom stereocenters. The van der Waals surface area contributed by atoms with Crippen molar-refractivity contribution >= 4 is 0 Å². The summed E-state index contributed by atoms with van der Waals surface area (Å²) < 4.78 is 0. The van der Waals surface area contributed by atoms with Crippen LogP contribution in [0.1, 0.15) is 46.5 Å². The minimum absolute atomic E-state index is 0.318. The second-order valence-electron chi connectivity index (χ2n) is 4.26. The molecule has 0 radical (unpaired) electrons. The Morgan fingerprint density at radius 3 is 2.64 bits per heavy atom. The van der Waals surface area contributed by atoms with E-state index in [1.54, 1.807) is 0 Å². The smallest absolute Gasteiger partial charge is 0.0651 e. The fourth-order valence-electron chi connectivity index (χ4n) is 1.46. The van der Waals surface area contributed by atoms with E-state index in [9.17, 15) is 5.11 Å². The molecule has 0 saturated carbocycles. The molecule has 2 unspecified atom stereocenters. The van der Waals surface area contributed by atoms with E-state index in [1.165, 1.54) is 5.57 Å². The quantitative estimate of drug-likeness (QED) is 0.509. The molecule has 0 aliphatic rings. The van der Waals surface area contributed by atoms with E-state index in [4.69, 9.17) is 6.42 Å². The summed E-state index contributed by atoms with van der Waals surface area (Å²) in [6.07, 6.45) is 10.6. The summed E-state index contributed by atoms with van der Waals surface area (Å²) in [5.74, 6) is 3.04. The fourth-order valence-corrected chi connectivity index (χ4v) is 1.46. The highest BCUT2D eigenvalue weighted by molar-refractivity contribution is 4.93. The minimum Gasteiger partial charge on any atom is -0.392 e. The zero-order valence-electron chi connectivity index (χ0n) is 9.59. The van der Waals surface area contributed by atoms with E-state index in [2.05, 4.69) is 32.8 Å². The van der Waals surface area contributed by atoms with Crippen LogP contribution in [0.4, 0.5) is 0 Å². The Hall–Kier alpha value is -0.740. The summed E-state index contributed by atoms with van der Waals surface area (Å²) >= 11 is 0. The van der Waals surface area contributed by atoms with Crippen molar-refractivity contribution in [2.45, 2.75) is 52.6 Å². The molecule has 0 spiro atoms. The van der Waals surface area contributed by atoms with Crippen molar-refractivity contribution in [3.05, 3.63) is 11.6 Å². The largest absolute Gasteiger partial charge is 0.392 e. The molecule has 14 heavy (non-hydrogen) atoms. The molecule has 0 saturated heterocycles. The number of hydrogen-bond acceptors (Lipinski definition) is 1. The molecule has 0 aliphatic carbocycles. The van der Waals surface area contributed by atoms with Crippen LogP contribution in [0.5, 0.6) is 0 Å². The van der Waals surface area contributed by atoms with Crippen molar-refractivity contribution in [3.63, 3.8) is 0 Å². The number of allylic oxidation sites excluding steroid dienone is 2. The van der Waals surface area contributed by atoms with Crippen molar-refractivity contribution in [1.82, 2.24) is 0 Å². The number of terminal acetylenes is 1. The first-order chi connectivity index (χ1) is 6.56. The number of aliphatic hydroxyl groups is 1. The maximum Gasteiger partial charge on any atom is 0.0651 e. The van der Waals surface area contributed by atoms with Gasteiger partial charge in [0.2, 0.25) is 0 Å². The van der Waals surface area contributed by atoms with Gasteiger partial charge in [-0.25, -0.2) is 0 Å². The Kier molecular flexibility index (Phi) is 7.24. The predicted molar refractivity (Wildman–Crippen MR) is 61.9 cm³/mol. The fraction of sp³-hybridized carbons (Fsp3) is 0.692. The summed E-state index contributed by atoms with van der Waals surface area (Å²) in [5.41, 5.74) is 1.36. The molecular weight excluding hydrogens is 172 g/mol. The van der Waals surface area contributed by atoms with E-state index in [1.807, 2.05) is 0 Å². The van der Waals surface area contributed by atoms with Crippen LogP contribution >= 0.6 is 0 Å². The molecule has 0 fully saturated rings. The van der Waals surface area contributed by atoms with Gasteiger partial charge in [-0.1, -0.05) is 18.6 Å². The molecule has 0 bridgehead atoms. The SMILES string of the molecule is C#CCC(O)CC(C)CCC=C(C)C. The van der Waals surface area contributed by atoms with Crippen molar-refractivity contribution < 1.29 is 5.11 Å². The highest BCUT2D eigenvalue weighted by atomic mass is 16.3. The standard InChI is InChI=1S/C13H22O/c1-5-7-13(14)10-12(4)9-6-8-11(2)3/h1,8,12-14H,6-7,9-10H2,2-4H3. The molecule has 0 aromatic heterocycles. The summed E-state index contributed by atoms with van der Waals surface area (Å²) in [5, 5.41) is 9.47. The van der Waals surface area contributed by atoms with Gasteiger partial charge < -0.3 is 5.11 Å². The van der Waals surface area contributed by atoms with Gasteiger partial charge in [-0.3, -0.25) is 0 Å². The van der Waals surface area contributed by atoms with Gasteiger partial charge in [-0.15, -0.1) is 12.3 Å². The summed E-state index contributed by atoms with van der Waals surface area (Å²) in [4.78, 5) is 0. The van der Waals surface area contributed by atoms with Crippen LogP contribution in [-0.2, 0) is 0 Å². The van der Waals surface area contributed by atoms with E-state index in [0.717, 1.165) is 19.3 Å². The zero-order chi connectivity index (χ0) is 11.0. The van der Waals surface area contributed by atoms with Crippen molar-refractivity contribution in [2.75, 3.05) is 0 Å². The number of hydrogen-bond donors (Lipinski definition) is 1. The Morgan fingerprint density at radius 1 is 1.50 bits per heavy atom. The van der Waals surface area contributed by atoms with Gasteiger partial charge in [0.05, 0.1) is 6.10 Å². The van der Waals surface area contributed by atoms with Gasteiger partial charge in [0.25, 0.3) is 0 Å². The van der Waals surface area contributed by atoms with Crippen LogP contribution in [0.3, 0.4) is 0 Å². The second-order valence-corrected chi connectivity index (χ2v) is 4.26. The van der Waals surface area contributed by atoms with Crippen molar-refractivity contribution in [1.29, 1.82) is 0 Å². The molecule has 0 amide bonds. The lowest BCUT2D eigenvalue weighted by Crippen LogP contribution is -2.10. The molecule has 0 aliphatic heterocycles. The first kappa shape index (κ1) is 13.3. The molecular formula is C13H22O. The molecule has 0 aromatic rings. The van der Waals surface area contributed by atoms with Gasteiger partial charge in [0.1, 0.15) is 0 Å². The third-order valence-electron chi connectivity index (χ3n) is 2.24. The van der Waals surface area contributed by atoms with Crippen LogP contribution in [0, 0.1) is 18.3 Å². The Bertz CT molecular complexity index is 206. The third-order valence-corrected chi connectivity index (χ3v) is 2.24. The number of aliphatic hydroxyl groups excluding tert-OH is 1. The van der Waals surface area contributed by atoms with Crippen LogP contribution in [0.25, 0.3) is 0 Å². The highest BCUT2D eigenvalue weighted by Gasteiger charge is 2.08. The zero-order valence-corrected chi connectivity index (χ0v) is 9.59. The Morgan fingerprint density at radius 2 is 2.14 bits per heavy atom. The van der Waals surface area contributed by atoms with Crippen LogP contribution in [0.2, 0.25) is 0 Å². The normalized spacial score (nSPS) is 14.2. The molecule has 1 heteroatoms. The van der Waals surface area contributed by atoms with Gasteiger partial charge in [0, 0.05) is 6.42 Å². The average molecular weight is 194 g/mol. The average Bonchev–Trinajstić information content (AvgIpc) is 2.03. The van der Waals surface area contributed by atoms with E-state index < -0.39 is 0 Å². The number of rotatable bonds is 6. The topological polar surface area (TPSA) is 20.2 Å². The summed E-state index contributed by atoms with van der Waals surface area (Å²) in [6, 6.07) is 0. The lowest BCUT2D eigenvalue weighted by Gasteiger charge is -2.13. The first-order valence-electron chi connectivity index (χ1n) is 5.31. The Balaban J connectivity index is 3.60. The summed E-state index contributed by atoms with van der Waals surface area (Å²) in [7, 11) is 0. The van der Waals surface area contributed by atoms with Crippen molar-refractivity contribution in [3.8, 4) is 12.3 Å². The maximum atomic E-state index is 9.47. The Labute approximate surface area is 88.2 Å². The minimum atomic E-state index is -0.318. The molecule has 1 nitrogen and oxygen atoms in total.